The van der Waals surface area contributed by atoms with Crippen LogP contribution in [0.3, 0.4) is 0 Å². The summed E-state index contributed by atoms with van der Waals surface area (Å²) in [5, 5.41) is 4.30. The largest absolute Gasteiger partial charge is 0.366 e. The molecule has 0 atom stereocenters. The fraction of sp³-hybridized carbons (Fsp3) is 0.111. The molecule has 2 rings (SSSR count). The Hall–Kier alpha value is -1.89. The minimum atomic E-state index is -3.43. The molecule has 0 saturated carbocycles. The van der Waals surface area contributed by atoms with E-state index in [9.17, 15) is 13.2 Å². The van der Waals surface area contributed by atoms with Gasteiger partial charge in [0.15, 0.2) is 0 Å². The van der Waals surface area contributed by atoms with Crippen LogP contribution in [0.15, 0.2) is 24.4 Å². The molecule has 1 amide bonds. The monoisotopic (exact) mass is 239 g/mol. The van der Waals surface area contributed by atoms with Gasteiger partial charge in [0.05, 0.1) is 18.0 Å². The van der Waals surface area contributed by atoms with E-state index >= 15 is 0 Å². The highest BCUT2D eigenvalue weighted by Gasteiger charge is 2.12. The van der Waals surface area contributed by atoms with E-state index in [0.29, 0.717) is 16.5 Å². The lowest BCUT2D eigenvalue weighted by atomic mass is 10.1. The number of benzene rings is 1. The minimum Gasteiger partial charge on any atom is -0.366 e. The van der Waals surface area contributed by atoms with Crippen LogP contribution in [-0.2, 0) is 10.0 Å². The Morgan fingerprint density at radius 3 is 2.69 bits per heavy atom. The van der Waals surface area contributed by atoms with Crippen molar-refractivity contribution in [2.24, 2.45) is 5.73 Å². The summed E-state index contributed by atoms with van der Waals surface area (Å²) in [5.41, 5.74) is 5.86. The second-order valence-corrected chi connectivity index (χ2v) is 5.20. The molecule has 16 heavy (non-hydrogen) atoms. The Morgan fingerprint density at radius 2 is 2.12 bits per heavy atom. The zero-order valence-electron chi connectivity index (χ0n) is 8.41. The van der Waals surface area contributed by atoms with Gasteiger partial charge in [-0.15, -0.1) is 0 Å². The molecular weight excluding hydrogens is 230 g/mol. The number of nitrogens with zero attached hydrogens (tertiary/aromatic N) is 2. The van der Waals surface area contributed by atoms with Gasteiger partial charge in [-0.05, 0) is 18.2 Å². The first-order chi connectivity index (χ1) is 7.39. The molecule has 0 radical (unpaired) electrons. The zero-order chi connectivity index (χ0) is 11.9. The van der Waals surface area contributed by atoms with Gasteiger partial charge in [-0.2, -0.15) is 9.19 Å². The molecule has 84 valence electrons. The molecule has 1 aromatic heterocycles. The van der Waals surface area contributed by atoms with Crippen LogP contribution in [0, 0.1) is 0 Å². The second-order valence-electron chi connectivity index (χ2n) is 3.39. The van der Waals surface area contributed by atoms with Crippen LogP contribution in [-0.4, -0.2) is 29.8 Å². The van der Waals surface area contributed by atoms with Gasteiger partial charge in [0, 0.05) is 10.9 Å². The molecule has 7 heteroatoms. The van der Waals surface area contributed by atoms with Crippen molar-refractivity contribution in [1.29, 1.82) is 0 Å². The highest BCUT2D eigenvalue weighted by atomic mass is 32.2. The van der Waals surface area contributed by atoms with E-state index in [1.54, 1.807) is 0 Å². The number of primary amides is 1. The summed E-state index contributed by atoms with van der Waals surface area (Å²) in [6.45, 7) is 0. The molecule has 2 N–H and O–H groups in total. The number of rotatable bonds is 2. The number of nitrogens with two attached hydrogens (primary N) is 1. The minimum absolute atomic E-state index is 0.320. The van der Waals surface area contributed by atoms with Crippen LogP contribution in [0.5, 0.6) is 0 Å². The van der Waals surface area contributed by atoms with Crippen molar-refractivity contribution < 1.29 is 13.2 Å². The molecule has 0 aliphatic carbocycles. The molecule has 1 aromatic carbocycles. The normalized spacial score (nSPS) is 11.8. The Balaban J connectivity index is 2.73. The lowest BCUT2D eigenvalue weighted by Crippen LogP contribution is -2.12. The first-order valence-electron chi connectivity index (χ1n) is 4.38. The lowest BCUT2D eigenvalue weighted by molar-refractivity contribution is 0.100. The Labute approximate surface area is 91.7 Å². The van der Waals surface area contributed by atoms with Crippen molar-refractivity contribution in [1.82, 2.24) is 9.19 Å². The van der Waals surface area contributed by atoms with E-state index in [4.69, 9.17) is 5.73 Å². The van der Waals surface area contributed by atoms with E-state index in [1.165, 1.54) is 24.4 Å². The standard InChI is InChI=1S/C9H9N3O3S/c1-16(14,15)12-8-3-2-6(9(10)13)4-7(8)5-11-12/h2-5H,1H3,(H2,10,13). The van der Waals surface area contributed by atoms with Gasteiger partial charge in [0.2, 0.25) is 5.91 Å². The molecule has 2 aromatic rings. The van der Waals surface area contributed by atoms with Crippen molar-refractivity contribution in [3.8, 4) is 0 Å². The molecule has 0 spiro atoms. The third-order valence-electron chi connectivity index (χ3n) is 2.13. The number of aromatic nitrogens is 2. The third-order valence-corrected chi connectivity index (χ3v) is 3.05. The molecule has 0 bridgehead atoms. The van der Waals surface area contributed by atoms with Gasteiger partial charge < -0.3 is 5.73 Å². The Kier molecular flexibility index (Phi) is 2.20. The van der Waals surface area contributed by atoms with Crippen LogP contribution >= 0.6 is 0 Å². The predicted molar refractivity (Wildman–Crippen MR) is 58.5 cm³/mol. The van der Waals surface area contributed by atoms with Crippen molar-refractivity contribution in [3.63, 3.8) is 0 Å². The number of amides is 1. The molecular formula is C9H9N3O3S. The number of carbonyl (C=O) groups excluding carboxylic acids is 1. The first-order valence-corrected chi connectivity index (χ1v) is 6.22. The summed E-state index contributed by atoms with van der Waals surface area (Å²) in [6.07, 6.45) is 2.43. The summed E-state index contributed by atoms with van der Waals surface area (Å²) in [7, 11) is -3.43. The van der Waals surface area contributed by atoms with Gasteiger partial charge in [0.25, 0.3) is 10.0 Å². The van der Waals surface area contributed by atoms with Gasteiger partial charge in [-0.1, -0.05) is 0 Å². The van der Waals surface area contributed by atoms with E-state index < -0.39 is 15.9 Å². The van der Waals surface area contributed by atoms with Crippen molar-refractivity contribution in [2.45, 2.75) is 0 Å². The molecule has 0 aliphatic rings. The number of hydrogen-bond acceptors (Lipinski definition) is 4. The highest BCUT2D eigenvalue weighted by molar-refractivity contribution is 7.89. The van der Waals surface area contributed by atoms with E-state index in [2.05, 4.69) is 5.10 Å². The molecule has 0 unspecified atom stereocenters. The maximum Gasteiger partial charge on any atom is 0.251 e. The first kappa shape index (κ1) is 10.6. The topological polar surface area (TPSA) is 95.1 Å². The fourth-order valence-corrected chi connectivity index (χ4v) is 2.17. The second kappa shape index (κ2) is 3.31. The van der Waals surface area contributed by atoms with Crippen LogP contribution < -0.4 is 5.73 Å². The fourth-order valence-electron chi connectivity index (χ4n) is 1.43. The predicted octanol–water partition coefficient (Wildman–Crippen LogP) is -0.0571. The van der Waals surface area contributed by atoms with Gasteiger partial charge >= 0.3 is 0 Å². The lowest BCUT2D eigenvalue weighted by Gasteiger charge is -2.00. The van der Waals surface area contributed by atoms with Gasteiger partial charge in [0.1, 0.15) is 0 Å². The zero-order valence-corrected chi connectivity index (χ0v) is 9.23. The van der Waals surface area contributed by atoms with Gasteiger partial charge in [-0.25, -0.2) is 8.42 Å². The Morgan fingerprint density at radius 1 is 1.44 bits per heavy atom. The summed E-state index contributed by atoms with van der Waals surface area (Å²) in [4.78, 5) is 10.9. The van der Waals surface area contributed by atoms with Crippen LogP contribution in [0.1, 0.15) is 10.4 Å². The van der Waals surface area contributed by atoms with E-state index in [-0.39, 0.29) is 0 Å². The number of hydrogen-bond donors (Lipinski definition) is 1. The smallest absolute Gasteiger partial charge is 0.251 e. The summed E-state index contributed by atoms with van der Waals surface area (Å²) in [5.74, 6) is -0.561. The van der Waals surface area contributed by atoms with Crippen LogP contribution in [0.2, 0.25) is 0 Å². The van der Waals surface area contributed by atoms with E-state index in [0.717, 1.165) is 10.3 Å². The average Bonchev–Trinajstić information content (AvgIpc) is 2.58. The molecule has 0 aliphatic heterocycles. The molecule has 0 fully saturated rings. The maximum atomic E-state index is 11.3. The highest BCUT2D eigenvalue weighted by Crippen LogP contribution is 2.16. The van der Waals surface area contributed by atoms with Crippen molar-refractivity contribution in [3.05, 3.63) is 30.0 Å². The Bertz CT molecular complexity index is 672. The third kappa shape index (κ3) is 1.65. The molecule has 6 nitrogen and oxygen atoms in total. The SMILES string of the molecule is CS(=O)(=O)n1ncc2cc(C(N)=O)ccc21. The van der Waals surface area contributed by atoms with E-state index in [1.807, 2.05) is 0 Å². The van der Waals surface area contributed by atoms with Crippen LogP contribution in [0.4, 0.5) is 0 Å². The van der Waals surface area contributed by atoms with Crippen molar-refractivity contribution in [2.75, 3.05) is 6.26 Å². The van der Waals surface area contributed by atoms with Gasteiger partial charge in [-0.3, -0.25) is 4.79 Å². The number of fused-ring (bicyclic) bond motifs is 1. The average molecular weight is 239 g/mol. The maximum absolute atomic E-state index is 11.3. The summed E-state index contributed by atoms with van der Waals surface area (Å²) < 4.78 is 23.6. The summed E-state index contributed by atoms with van der Waals surface area (Å²) >= 11 is 0. The molecule has 0 saturated heterocycles. The summed E-state index contributed by atoms with van der Waals surface area (Å²) in [6, 6.07) is 4.48. The van der Waals surface area contributed by atoms with Crippen LogP contribution in [0.25, 0.3) is 10.9 Å². The quantitative estimate of drug-likeness (QED) is 0.794. The van der Waals surface area contributed by atoms with Crippen molar-refractivity contribution >= 4 is 26.8 Å². The molecule has 1 heterocycles. The number of carbonyl (C=O) groups is 1.